The Balaban J connectivity index is 0.000000226. The van der Waals surface area contributed by atoms with E-state index in [-0.39, 0.29) is 42.6 Å². The molecule has 0 radical (unpaired) electrons. The topological polar surface area (TPSA) is 166 Å². The van der Waals surface area contributed by atoms with Crippen molar-refractivity contribution in [3.63, 3.8) is 0 Å². The van der Waals surface area contributed by atoms with Gasteiger partial charge in [0.25, 0.3) is 0 Å². The average Bonchev–Trinajstić information content (AvgIpc) is 0.763. The highest BCUT2D eigenvalue weighted by Crippen LogP contribution is 2.39. The zero-order chi connectivity index (χ0) is 66.8. The zero-order valence-electron chi connectivity index (χ0n) is 52.8. The van der Waals surface area contributed by atoms with Gasteiger partial charge in [-0.1, -0.05) is 219 Å². The summed E-state index contributed by atoms with van der Waals surface area (Å²) in [4.78, 5) is 33.4. The van der Waals surface area contributed by atoms with Crippen LogP contribution in [0.5, 0.6) is 0 Å². The number of esters is 2. The lowest BCUT2D eigenvalue weighted by Crippen LogP contribution is -2.42. The predicted octanol–water partition coefficient (Wildman–Crippen LogP) is 18.5. The van der Waals surface area contributed by atoms with Gasteiger partial charge in [0.1, 0.15) is 18.5 Å². The third-order valence-electron chi connectivity index (χ3n) is 15.5. The third-order valence-corrected chi connectivity index (χ3v) is 24.5. The molecule has 0 aliphatic heterocycles. The number of rotatable bonds is 22. The van der Waals surface area contributed by atoms with Gasteiger partial charge in [-0.25, -0.2) is 0 Å². The van der Waals surface area contributed by atoms with Crippen LogP contribution in [-0.2, 0) is 70.2 Å². The Kier molecular flexibility index (Phi) is 33.9. The van der Waals surface area contributed by atoms with Gasteiger partial charge in [0.05, 0.1) is 17.7 Å². The molecular weight excluding hydrogens is 1510 g/mol. The van der Waals surface area contributed by atoms with E-state index in [1.165, 1.54) is 86.2 Å². The summed E-state index contributed by atoms with van der Waals surface area (Å²) in [6.45, 7) is 0.674. The first-order chi connectivity index (χ1) is 44.8. The van der Waals surface area contributed by atoms with Gasteiger partial charge in [-0.05, 0) is 160 Å². The van der Waals surface area contributed by atoms with E-state index < -0.39 is 17.6 Å². The normalized spacial score (nSPS) is 11.2. The standard InChI is InChI=1S/C25H28O5SSi.C19H13BrO2.C17H12O.C6H16O3SSi.C2H2Br2O.CH3Br.CH4O.CH4/c1-27-32(28-2,29-3)15-5-14-31-17-23(26)30-16-21-11-10-20-9-8-18-6-4-7-19-12-13-22(21)25(20)24(18)19;20-10-17(21)22-11-15-7-6-14-5-4-12-2-1-3-13-8-9-16(15)19(14)18(12)13;18-10-14-7-6-13-5-4-11-2-1-3-12-8-9-15(14)17(13)16(11)12;1-7-11(8-2,9-3)6-4-5-10;3-1-2(4)5;2*1-2;/h4,6-13H,5,14-17H2,1-3H3;1-9H,10-11H2;1-9,18H,10H2;10H,4-6H2,1-3H3;1H2;1H3;2H,1H3;1H4. The monoisotopic (exact) mass is 1590 g/mol. The molecule has 0 unspecified atom stereocenters. The number of thioether (sulfide) groups is 1. The van der Waals surface area contributed by atoms with Gasteiger partial charge in [-0.15, -0.1) is 0 Å². The number of aliphatic hydroxyl groups is 2. The van der Waals surface area contributed by atoms with Crippen molar-refractivity contribution in [1.82, 2.24) is 0 Å². The maximum absolute atomic E-state index is 12.3. The highest BCUT2D eigenvalue weighted by atomic mass is 79.9. The molecule has 0 bridgehead atoms. The molecule has 0 atom stereocenters. The number of carbonyl (C=O) groups is 3. The molecule has 21 heteroatoms. The summed E-state index contributed by atoms with van der Waals surface area (Å²) in [5.74, 6) is 3.35. The Hall–Kier alpha value is -4.90. The van der Waals surface area contributed by atoms with E-state index in [9.17, 15) is 19.5 Å². The largest absolute Gasteiger partial charge is 0.500 e. The second-order valence-corrected chi connectivity index (χ2v) is 30.2. The van der Waals surface area contributed by atoms with E-state index in [0.717, 1.165) is 71.0 Å². The lowest BCUT2D eigenvalue weighted by atomic mass is 9.92. The summed E-state index contributed by atoms with van der Waals surface area (Å²) in [5.41, 5.74) is 3.07. The van der Waals surface area contributed by atoms with Crippen LogP contribution in [0.15, 0.2) is 164 Å². The molecule has 0 fully saturated rings. The summed E-state index contributed by atoms with van der Waals surface area (Å²) in [7, 11) is 5.88. The summed E-state index contributed by atoms with van der Waals surface area (Å²) >= 11 is 17.3. The van der Waals surface area contributed by atoms with Crippen LogP contribution in [0.4, 0.5) is 0 Å². The van der Waals surface area contributed by atoms with Crippen molar-refractivity contribution in [2.75, 3.05) is 83.5 Å². The molecule has 0 aliphatic rings. The summed E-state index contributed by atoms with van der Waals surface area (Å²) in [6.07, 6.45) is 1.82. The summed E-state index contributed by atoms with van der Waals surface area (Å²) in [5, 5.41) is 39.3. The Morgan fingerprint density at radius 1 is 0.441 bits per heavy atom. The molecule has 0 heterocycles. The number of ether oxygens (including phenoxy) is 2. The van der Waals surface area contributed by atoms with Crippen LogP contribution in [0.1, 0.15) is 37.0 Å². The molecule has 12 aromatic carbocycles. The minimum atomic E-state index is -2.54. The molecule has 0 aromatic heterocycles. The van der Waals surface area contributed by atoms with Crippen LogP contribution in [0.3, 0.4) is 0 Å². The Bertz CT molecular complexity index is 4190. The first-order valence-corrected chi connectivity index (χ1v) is 39.6. The Morgan fingerprint density at radius 2 is 0.731 bits per heavy atom. The van der Waals surface area contributed by atoms with Crippen molar-refractivity contribution in [2.24, 2.45) is 0 Å². The number of aliphatic hydroxyl groups excluding tert-OH is 2. The van der Waals surface area contributed by atoms with Crippen LogP contribution in [0, 0.1) is 0 Å². The second kappa shape index (κ2) is 40.0. The lowest BCUT2D eigenvalue weighted by Gasteiger charge is -2.24. The van der Waals surface area contributed by atoms with Gasteiger partial charge in [-0.2, -0.15) is 24.4 Å². The number of benzene rings is 12. The minimum Gasteiger partial charge on any atom is -0.460 e. The van der Waals surface area contributed by atoms with E-state index in [0.29, 0.717) is 17.7 Å². The SMILES string of the molecule is C.CBr.CO.CO[Si](CCCS)(OC)OC.CO[Si](CCCSCC(=O)OCc1ccc2ccc3cccc4ccc1c2c34)(OC)OC.O=C(Br)CBr.O=C(CBr)OCc1ccc2ccc3cccc4ccc1c2c34.OCc1ccc2ccc3cccc4ccc1c2c34. The van der Waals surface area contributed by atoms with Crippen molar-refractivity contribution in [3.8, 4) is 0 Å². The highest BCUT2D eigenvalue weighted by molar-refractivity contribution is 9.19. The Morgan fingerprint density at radius 3 is 1.04 bits per heavy atom. The molecule has 0 saturated heterocycles. The van der Waals surface area contributed by atoms with E-state index in [1.54, 1.807) is 54.4 Å². The smallest absolute Gasteiger partial charge is 0.460 e. The van der Waals surface area contributed by atoms with E-state index in [2.05, 4.69) is 228 Å². The molecule has 496 valence electrons. The van der Waals surface area contributed by atoms with Crippen LogP contribution in [-0.4, -0.2) is 128 Å². The number of carbonyl (C=O) groups excluding carboxylic acids is 3. The lowest BCUT2D eigenvalue weighted by molar-refractivity contribution is -0.142. The maximum Gasteiger partial charge on any atom is 0.500 e. The van der Waals surface area contributed by atoms with Gasteiger partial charge < -0.3 is 46.2 Å². The predicted molar refractivity (Wildman–Crippen MR) is 411 cm³/mol. The van der Waals surface area contributed by atoms with Crippen molar-refractivity contribution in [2.45, 2.75) is 52.2 Å². The quantitative estimate of drug-likeness (QED) is 0.0112. The molecule has 93 heavy (non-hydrogen) atoms. The number of hydrogen-bond donors (Lipinski definition) is 3. The van der Waals surface area contributed by atoms with Gasteiger partial charge in [0.15, 0.2) is 0 Å². The van der Waals surface area contributed by atoms with Crippen LogP contribution < -0.4 is 0 Å². The first-order valence-electron chi connectivity index (χ1n) is 29.3. The number of hydrogen-bond acceptors (Lipinski definition) is 15. The van der Waals surface area contributed by atoms with E-state index in [1.807, 2.05) is 18.0 Å². The molecule has 12 rings (SSSR count). The van der Waals surface area contributed by atoms with Crippen molar-refractivity contribution in [3.05, 3.63) is 180 Å². The summed E-state index contributed by atoms with van der Waals surface area (Å²) < 4.78 is 42.7. The molecule has 0 amide bonds. The second-order valence-electron chi connectivity index (χ2n) is 20.4. The number of thiol groups is 1. The molecule has 2 N–H and O–H groups in total. The molecule has 0 aliphatic carbocycles. The van der Waals surface area contributed by atoms with Gasteiger partial charge in [0, 0.05) is 61.9 Å². The molecular formula is C72H82Br4O13S2Si2. The van der Waals surface area contributed by atoms with Crippen molar-refractivity contribution in [1.29, 1.82) is 0 Å². The first kappa shape index (κ1) is 78.8. The van der Waals surface area contributed by atoms with Crippen molar-refractivity contribution < 1.29 is 60.6 Å². The fraction of sp³-hybridized carbons (Fsp3) is 0.292. The van der Waals surface area contributed by atoms with E-state index in [4.69, 9.17) is 41.1 Å². The van der Waals surface area contributed by atoms with Gasteiger partial charge >= 0.3 is 29.5 Å². The molecule has 12 aromatic rings. The van der Waals surface area contributed by atoms with E-state index >= 15 is 0 Å². The van der Waals surface area contributed by atoms with Crippen LogP contribution in [0.25, 0.3) is 97.0 Å². The molecule has 0 saturated carbocycles. The third kappa shape index (κ3) is 19.9. The zero-order valence-corrected chi connectivity index (χ0v) is 62.9. The highest BCUT2D eigenvalue weighted by Gasteiger charge is 2.37. The molecule has 0 spiro atoms. The number of halogens is 4. The maximum atomic E-state index is 12.3. The summed E-state index contributed by atoms with van der Waals surface area (Å²) in [6, 6.07) is 58.9. The fourth-order valence-corrected chi connectivity index (χ4v) is 16.2. The minimum absolute atomic E-state index is 0. The van der Waals surface area contributed by atoms with Gasteiger partial charge in [-0.3, -0.25) is 14.4 Å². The van der Waals surface area contributed by atoms with Gasteiger partial charge in [0.2, 0.25) is 4.69 Å². The number of alkyl halides is 3. The van der Waals surface area contributed by atoms with Crippen molar-refractivity contribution >= 4 is 219 Å². The van der Waals surface area contributed by atoms with Crippen LogP contribution >= 0.6 is 88.1 Å². The fourth-order valence-electron chi connectivity index (χ4n) is 11.1. The Labute approximate surface area is 591 Å². The average molecular weight is 1600 g/mol. The van der Waals surface area contributed by atoms with Crippen LogP contribution in [0.2, 0.25) is 12.1 Å². The molecule has 13 nitrogen and oxygen atoms in total.